The first kappa shape index (κ1) is 12.6. The lowest BCUT2D eigenvalue weighted by Crippen LogP contribution is -2.19. The van der Waals surface area contributed by atoms with Crippen molar-refractivity contribution < 1.29 is 23.0 Å². The highest BCUT2D eigenvalue weighted by Gasteiger charge is 2.32. The number of hydrogen-bond donors (Lipinski definition) is 2. The second-order valence-corrected chi connectivity index (χ2v) is 3.53. The Kier molecular flexibility index (Phi) is 3.64. The number of benzene rings is 1. The van der Waals surface area contributed by atoms with Gasteiger partial charge in [-0.15, -0.1) is 13.2 Å². The molecule has 0 aliphatic carbocycles. The van der Waals surface area contributed by atoms with Gasteiger partial charge in [-0.05, 0) is 31.0 Å². The molecule has 6 heteroatoms. The molecule has 0 bridgehead atoms. The summed E-state index contributed by atoms with van der Waals surface area (Å²) in [6, 6.07) is 3.61. The van der Waals surface area contributed by atoms with Gasteiger partial charge in [-0.1, -0.05) is 6.07 Å². The van der Waals surface area contributed by atoms with Crippen molar-refractivity contribution in [3.05, 3.63) is 23.8 Å². The van der Waals surface area contributed by atoms with Gasteiger partial charge in [0.2, 0.25) is 0 Å². The van der Waals surface area contributed by atoms with Crippen LogP contribution in [0.5, 0.6) is 11.5 Å². The van der Waals surface area contributed by atoms with Crippen molar-refractivity contribution in [3.8, 4) is 11.5 Å². The van der Waals surface area contributed by atoms with Crippen molar-refractivity contribution >= 4 is 0 Å². The summed E-state index contributed by atoms with van der Waals surface area (Å²) in [5, 5.41) is 9.18. The first-order chi connectivity index (χ1) is 7.28. The maximum atomic E-state index is 12.0. The fourth-order valence-electron chi connectivity index (χ4n) is 1.26. The maximum Gasteiger partial charge on any atom is 0.573 e. The smallest absolute Gasteiger partial charge is 0.504 e. The first-order valence-corrected chi connectivity index (χ1v) is 4.61. The number of aromatic hydroxyl groups is 1. The van der Waals surface area contributed by atoms with Crippen LogP contribution in [-0.2, 0) is 6.42 Å². The molecule has 0 heterocycles. The van der Waals surface area contributed by atoms with E-state index in [1.807, 2.05) is 0 Å². The van der Waals surface area contributed by atoms with Crippen LogP contribution >= 0.6 is 0 Å². The Labute approximate surface area is 90.6 Å². The molecule has 0 fully saturated rings. The molecule has 0 aliphatic heterocycles. The highest BCUT2D eigenvalue weighted by molar-refractivity contribution is 5.42. The lowest BCUT2D eigenvalue weighted by Gasteiger charge is -2.12. The minimum atomic E-state index is -4.82. The second-order valence-electron chi connectivity index (χ2n) is 3.53. The van der Waals surface area contributed by atoms with E-state index in [1.165, 1.54) is 6.07 Å². The number of hydrogen-bond acceptors (Lipinski definition) is 3. The minimum absolute atomic E-state index is 0.178. The third-order valence-electron chi connectivity index (χ3n) is 1.81. The van der Waals surface area contributed by atoms with Crippen LogP contribution in [0.25, 0.3) is 0 Å². The average Bonchev–Trinajstić information content (AvgIpc) is 2.07. The highest BCUT2D eigenvalue weighted by Crippen LogP contribution is 2.32. The molecule has 1 aromatic carbocycles. The Balaban J connectivity index is 2.90. The molecule has 0 spiro atoms. The molecule has 1 aromatic rings. The van der Waals surface area contributed by atoms with Gasteiger partial charge in [0.05, 0.1) is 0 Å². The molecule has 0 aliphatic rings. The van der Waals surface area contributed by atoms with Gasteiger partial charge in [-0.3, -0.25) is 0 Å². The van der Waals surface area contributed by atoms with E-state index in [0.29, 0.717) is 12.0 Å². The van der Waals surface area contributed by atoms with Crippen LogP contribution < -0.4 is 10.5 Å². The van der Waals surface area contributed by atoms with Crippen molar-refractivity contribution in [2.45, 2.75) is 25.7 Å². The van der Waals surface area contributed by atoms with Crippen molar-refractivity contribution in [2.24, 2.45) is 5.73 Å². The van der Waals surface area contributed by atoms with E-state index in [0.717, 1.165) is 12.1 Å². The maximum absolute atomic E-state index is 12.0. The molecule has 0 aromatic heterocycles. The predicted octanol–water partition coefficient (Wildman–Crippen LogP) is 2.18. The van der Waals surface area contributed by atoms with Gasteiger partial charge >= 0.3 is 6.36 Å². The fraction of sp³-hybridized carbons (Fsp3) is 0.400. The molecule has 3 nitrogen and oxygen atoms in total. The largest absolute Gasteiger partial charge is 0.573 e. The standard InChI is InChI=1S/C10H12F3NO2/c1-6(14)4-7-2-3-8(15)9(5-7)16-10(11,12)13/h2-3,5-6,15H,4,14H2,1H3. The van der Waals surface area contributed by atoms with Crippen LogP contribution in [0.2, 0.25) is 0 Å². The molecule has 90 valence electrons. The van der Waals surface area contributed by atoms with Gasteiger partial charge < -0.3 is 15.6 Å². The van der Waals surface area contributed by atoms with Gasteiger partial charge in [0.1, 0.15) is 0 Å². The van der Waals surface area contributed by atoms with Crippen molar-refractivity contribution in [2.75, 3.05) is 0 Å². The monoisotopic (exact) mass is 235 g/mol. The number of alkyl halides is 3. The Bertz CT molecular complexity index is 364. The summed E-state index contributed by atoms with van der Waals surface area (Å²) in [6.07, 6.45) is -4.40. The van der Waals surface area contributed by atoms with Crippen LogP contribution in [0, 0.1) is 0 Å². The van der Waals surface area contributed by atoms with Gasteiger partial charge in [0.25, 0.3) is 0 Å². The number of rotatable bonds is 3. The van der Waals surface area contributed by atoms with E-state index in [2.05, 4.69) is 4.74 Å². The quantitative estimate of drug-likeness (QED) is 0.844. The summed E-state index contributed by atoms with van der Waals surface area (Å²) in [5.41, 5.74) is 6.09. The molecular weight excluding hydrogens is 223 g/mol. The average molecular weight is 235 g/mol. The van der Waals surface area contributed by atoms with E-state index in [-0.39, 0.29) is 6.04 Å². The van der Waals surface area contributed by atoms with Crippen molar-refractivity contribution in [1.82, 2.24) is 0 Å². The predicted molar refractivity (Wildman–Crippen MR) is 52.1 cm³/mol. The molecular formula is C10H12F3NO2. The van der Waals surface area contributed by atoms with E-state index < -0.39 is 17.9 Å². The van der Waals surface area contributed by atoms with Crippen molar-refractivity contribution in [3.63, 3.8) is 0 Å². The topological polar surface area (TPSA) is 55.5 Å². The molecule has 0 saturated heterocycles. The number of halogens is 3. The van der Waals surface area contributed by atoms with Crippen LogP contribution in [0.3, 0.4) is 0 Å². The van der Waals surface area contributed by atoms with Gasteiger partial charge in [0, 0.05) is 6.04 Å². The molecule has 0 amide bonds. The van der Waals surface area contributed by atoms with Gasteiger partial charge in [0.15, 0.2) is 11.5 Å². The van der Waals surface area contributed by atoms with Crippen molar-refractivity contribution in [1.29, 1.82) is 0 Å². The molecule has 0 saturated carbocycles. The Morgan fingerprint density at radius 1 is 1.44 bits per heavy atom. The Hall–Kier alpha value is -1.43. The number of phenolic OH excluding ortho intramolecular Hbond substituents is 1. The summed E-state index contributed by atoms with van der Waals surface area (Å²) in [4.78, 5) is 0. The van der Waals surface area contributed by atoms with Crippen LogP contribution in [0.1, 0.15) is 12.5 Å². The third-order valence-corrected chi connectivity index (χ3v) is 1.81. The zero-order chi connectivity index (χ0) is 12.3. The highest BCUT2D eigenvalue weighted by atomic mass is 19.4. The van der Waals surface area contributed by atoms with Crippen LogP contribution in [0.4, 0.5) is 13.2 Å². The molecule has 1 atom stereocenters. The summed E-state index contributed by atoms with van der Waals surface area (Å²) in [5.74, 6) is -1.16. The molecule has 1 rings (SSSR count). The molecule has 0 radical (unpaired) electrons. The fourth-order valence-corrected chi connectivity index (χ4v) is 1.26. The third kappa shape index (κ3) is 3.98. The minimum Gasteiger partial charge on any atom is -0.504 e. The first-order valence-electron chi connectivity index (χ1n) is 4.61. The molecule has 16 heavy (non-hydrogen) atoms. The second kappa shape index (κ2) is 4.61. The van der Waals surface area contributed by atoms with E-state index >= 15 is 0 Å². The number of ether oxygens (including phenoxy) is 1. The zero-order valence-electron chi connectivity index (χ0n) is 8.58. The van der Waals surface area contributed by atoms with E-state index in [4.69, 9.17) is 5.73 Å². The van der Waals surface area contributed by atoms with E-state index in [1.54, 1.807) is 6.92 Å². The summed E-state index contributed by atoms with van der Waals surface area (Å²) >= 11 is 0. The normalized spacial score (nSPS) is 13.6. The SMILES string of the molecule is CC(N)Cc1ccc(O)c(OC(F)(F)F)c1. The lowest BCUT2D eigenvalue weighted by molar-refractivity contribution is -0.275. The lowest BCUT2D eigenvalue weighted by atomic mass is 10.1. The van der Waals surface area contributed by atoms with Gasteiger partial charge in [-0.2, -0.15) is 0 Å². The number of nitrogens with two attached hydrogens (primary N) is 1. The molecule has 3 N–H and O–H groups in total. The van der Waals surface area contributed by atoms with Crippen LogP contribution in [-0.4, -0.2) is 17.5 Å². The summed E-state index contributed by atoms with van der Waals surface area (Å²) < 4.78 is 39.5. The summed E-state index contributed by atoms with van der Waals surface area (Å²) in [7, 11) is 0. The zero-order valence-corrected chi connectivity index (χ0v) is 8.58. The summed E-state index contributed by atoms with van der Waals surface area (Å²) in [6.45, 7) is 1.73. The number of phenols is 1. The van der Waals surface area contributed by atoms with Crippen LogP contribution in [0.15, 0.2) is 18.2 Å². The Morgan fingerprint density at radius 3 is 2.56 bits per heavy atom. The Morgan fingerprint density at radius 2 is 2.06 bits per heavy atom. The van der Waals surface area contributed by atoms with E-state index in [9.17, 15) is 18.3 Å². The van der Waals surface area contributed by atoms with Gasteiger partial charge in [-0.25, -0.2) is 0 Å². The molecule has 1 unspecified atom stereocenters.